The number of nitrogens with zero attached hydrogens (tertiary/aromatic N) is 1. The van der Waals surface area contributed by atoms with Crippen LogP contribution in [0.4, 0.5) is 0 Å². The van der Waals surface area contributed by atoms with E-state index in [1.165, 1.54) is 5.56 Å². The van der Waals surface area contributed by atoms with Crippen LogP contribution in [0.15, 0.2) is 53.4 Å². The molecule has 0 aliphatic heterocycles. The van der Waals surface area contributed by atoms with Gasteiger partial charge in [0.1, 0.15) is 6.04 Å². The Morgan fingerprint density at radius 3 is 2.28 bits per heavy atom. The first kappa shape index (κ1) is 26.3. The Morgan fingerprint density at radius 1 is 1.03 bits per heavy atom. The smallest absolute Gasteiger partial charge is 0.243 e. The Labute approximate surface area is 202 Å². The first-order chi connectivity index (χ1) is 15.3. The fourth-order valence-corrected chi connectivity index (χ4v) is 4.32. The van der Waals surface area contributed by atoms with E-state index in [0.29, 0.717) is 19.4 Å². The fraction of sp³-hybridized carbons (Fsp3) is 0.462. The Hall–Kier alpha value is -1.98. The molecular formula is C26H35ClN2O2S. The Kier molecular flexibility index (Phi) is 11.1. The van der Waals surface area contributed by atoms with E-state index >= 15 is 0 Å². The molecule has 0 aromatic heterocycles. The van der Waals surface area contributed by atoms with Gasteiger partial charge in [0, 0.05) is 28.9 Å². The molecular weight excluding hydrogens is 440 g/mol. The topological polar surface area (TPSA) is 49.4 Å². The van der Waals surface area contributed by atoms with E-state index in [2.05, 4.69) is 5.32 Å². The highest BCUT2D eigenvalue weighted by atomic mass is 35.5. The van der Waals surface area contributed by atoms with Crippen LogP contribution >= 0.6 is 23.4 Å². The maximum absolute atomic E-state index is 13.2. The van der Waals surface area contributed by atoms with Gasteiger partial charge in [0.05, 0.1) is 0 Å². The first-order valence-corrected chi connectivity index (χ1v) is 12.7. The van der Waals surface area contributed by atoms with Crippen molar-refractivity contribution >= 4 is 35.2 Å². The molecule has 0 bridgehead atoms. The van der Waals surface area contributed by atoms with Crippen LogP contribution in [0, 0.1) is 6.92 Å². The summed E-state index contributed by atoms with van der Waals surface area (Å²) in [6, 6.07) is 15.5. The van der Waals surface area contributed by atoms with Crippen LogP contribution in [-0.2, 0) is 16.1 Å². The normalized spacial score (nSPS) is 12.8. The molecule has 0 fully saturated rings. The van der Waals surface area contributed by atoms with Crippen molar-refractivity contribution in [1.82, 2.24) is 10.2 Å². The molecule has 2 rings (SSSR count). The molecule has 2 atom stereocenters. The maximum Gasteiger partial charge on any atom is 0.243 e. The highest BCUT2D eigenvalue weighted by Gasteiger charge is 2.28. The van der Waals surface area contributed by atoms with Gasteiger partial charge >= 0.3 is 0 Å². The van der Waals surface area contributed by atoms with E-state index in [-0.39, 0.29) is 17.9 Å². The zero-order chi connectivity index (χ0) is 23.5. The van der Waals surface area contributed by atoms with Crippen molar-refractivity contribution in [1.29, 1.82) is 0 Å². The van der Waals surface area contributed by atoms with Gasteiger partial charge in [-0.1, -0.05) is 55.3 Å². The molecule has 6 heteroatoms. The summed E-state index contributed by atoms with van der Waals surface area (Å²) in [6.07, 6.45) is 2.61. The number of benzene rings is 2. The molecule has 0 heterocycles. The lowest BCUT2D eigenvalue weighted by Gasteiger charge is -2.31. The van der Waals surface area contributed by atoms with E-state index in [1.54, 1.807) is 16.7 Å². The quantitative estimate of drug-likeness (QED) is 0.292. The number of nitrogens with one attached hydrogen (secondary N) is 1. The minimum Gasteiger partial charge on any atom is -0.352 e. The van der Waals surface area contributed by atoms with Gasteiger partial charge in [0.2, 0.25) is 11.8 Å². The molecule has 0 unspecified atom stereocenters. The highest BCUT2D eigenvalue weighted by molar-refractivity contribution is 7.99. The largest absolute Gasteiger partial charge is 0.352 e. The van der Waals surface area contributed by atoms with Gasteiger partial charge in [0.15, 0.2) is 0 Å². The Balaban J connectivity index is 2.05. The molecule has 32 heavy (non-hydrogen) atoms. The lowest BCUT2D eigenvalue weighted by Crippen LogP contribution is -2.50. The summed E-state index contributed by atoms with van der Waals surface area (Å²) < 4.78 is 0. The third-order valence-corrected chi connectivity index (χ3v) is 6.83. The minimum absolute atomic E-state index is 0.0217. The second-order valence-corrected chi connectivity index (χ2v) is 9.76. The summed E-state index contributed by atoms with van der Waals surface area (Å²) >= 11 is 7.65. The Bertz CT molecular complexity index is 855. The molecule has 2 aromatic rings. The zero-order valence-electron chi connectivity index (χ0n) is 19.6. The van der Waals surface area contributed by atoms with Crippen LogP contribution in [0.25, 0.3) is 0 Å². The number of hydrogen-bond acceptors (Lipinski definition) is 3. The predicted octanol–water partition coefficient (Wildman–Crippen LogP) is 6.24. The van der Waals surface area contributed by atoms with Crippen molar-refractivity contribution in [3.05, 3.63) is 64.7 Å². The van der Waals surface area contributed by atoms with Crippen molar-refractivity contribution in [3.63, 3.8) is 0 Å². The van der Waals surface area contributed by atoms with Gasteiger partial charge in [-0.15, -0.1) is 11.8 Å². The van der Waals surface area contributed by atoms with Crippen LogP contribution in [0.2, 0.25) is 5.02 Å². The van der Waals surface area contributed by atoms with Crippen molar-refractivity contribution in [3.8, 4) is 0 Å². The molecule has 2 aromatic carbocycles. The number of rotatable bonds is 12. The summed E-state index contributed by atoms with van der Waals surface area (Å²) in [5, 5.41) is 3.78. The number of halogens is 1. The highest BCUT2D eigenvalue weighted by Crippen LogP contribution is 2.22. The second kappa shape index (κ2) is 13.5. The van der Waals surface area contributed by atoms with Crippen LogP contribution in [0.3, 0.4) is 0 Å². The van der Waals surface area contributed by atoms with Crippen LogP contribution in [0.1, 0.15) is 57.6 Å². The van der Waals surface area contributed by atoms with Crippen molar-refractivity contribution < 1.29 is 9.59 Å². The van der Waals surface area contributed by atoms with Gasteiger partial charge < -0.3 is 10.2 Å². The van der Waals surface area contributed by atoms with Gasteiger partial charge in [-0.05, 0) is 68.7 Å². The number of amides is 2. The van der Waals surface area contributed by atoms with Crippen molar-refractivity contribution in [2.24, 2.45) is 0 Å². The van der Waals surface area contributed by atoms with Crippen LogP contribution in [0.5, 0.6) is 0 Å². The zero-order valence-corrected chi connectivity index (χ0v) is 21.1. The minimum atomic E-state index is -0.471. The fourth-order valence-electron chi connectivity index (χ4n) is 3.34. The van der Waals surface area contributed by atoms with E-state index in [1.807, 2.05) is 76.2 Å². The molecule has 0 spiro atoms. The number of carbonyl (C=O) groups excluding carboxylic acids is 2. The summed E-state index contributed by atoms with van der Waals surface area (Å²) in [4.78, 5) is 29.1. The van der Waals surface area contributed by atoms with Crippen LogP contribution in [-0.4, -0.2) is 34.6 Å². The number of aryl methyl sites for hydroxylation is 1. The molecule has 1 N–H and O–H groups in total. The Morgan fingerprint density at radius 2 is 1.69 bits per heavy atom. The van der Waals surface area contributed by atoms with E-state index in [0.717, 1.165) is 34.1 Å². The van der Waals surface area contributed by atoms with Crippen LogP contribution < -0.4 is 5.32 Å². The molecule has 0 aliphatic rings. The lowest BCUT2D eigenvalue weighted by atomic mass is 10.1. The van der Waals surface area contributed by atoms with E-state index < -0.39 is 6.04 Å². The average Bonchev–Trinajstić information content (AvgIpc) is 2.78. The predicted molar refractivity (Wildman–Crippen MR) is 135 cm³/mol. The lowest BCUT2D eigenvalue weighted by molar-refractivity contribution is -0.141. The molecule has 0 saturated heterocycles. The maximum atomic E-state index is 13.2. The van der Waals surface area contributed by atoms with Gasteiger partial charge in [0.25, 0.3) is 0 Å². The summed E-state index contributed by atoms with van der Waals surface area (Å²) in [6.45, 7) is 8.48. The molecule has 174 valence electrons. The monoisotopic (exact) mass is 474 g/mol. The van der Waals surface area contributed by atoms with E-state index in [4.69, 9.17) is 11.6 Å². The summed E-state index contributed by atoms with van der Waals surface area (Å²) in [7, 11) is 0. The molecule has 0 aliphatic carbocycles. The molecule has 2 amide bonds. The second-order valence-electron chi connectivity index (χ2n) is 8.16. The molecule has 0 saturated carbocycles. The van der Waals surface area contributed by atoms with Gasteiger partial charge in [-0.25, -0.2) is 0 Å². The SMILES string of the molecule is CC[C@@H](C)NC(=O)[C@@H](CC)N(Cc1ccc(C)cc1)C(=O)CCCSc1ccc(Cl)cc1. The number of thioether (sulfide) groups is 1. The van der Waals surface area contributed by atoms with Crippen molar-refractivity contribution in [2.45, 2.75) is 76.9 Å². The third kappa shape index (κ3) is 8.51. The van der Waals surface area contributed by atoms with E-state index in [9.17, 15) is 9.59 Å². The average molecular weight is 475 g/mol. The summed E-state index contributed by atoms with van der Waals surface area (Å²) in [5.41, 5.74) is 2.21. The van der Waals surface area contributed by atoms with Gasteiger partial charge in [-0.3, -0.25) is 9.59 Å². The number of carbonyl (C=O) groups is 2. The van der Waals surface area contributed by atoms with Gasteiger partial charge in [-0.2, -0.15) is 0 Å². The first-order valence-electron chi connectivity index (χ1n) is 11.4. The molecule has 4 nitrogen and oxygen atoms in total. The van der Waals surface area contributed by atoms with Crippen molar-refractivity contribution in [2.75, 3.05) is 5.75 Å². The molecule has 0 radical (unpaired) electrons. The standard InChI is InChI=1S/C26H35ClN2O2S/c1-5-20(4)28-26(31)24(6-2)29(18-21-11-9-19(3)10-12-21)25(30)8-7-17-32-23-15-13-22(27)14-16-23/h9-16,20,24H,5-8,17-18H2,1-4H3,(H,28,31)/t20-,24-/m1/s1. The third-order valence-electron chi connectivity index (χ3n) is 5.48. The number of hydrogen-bond donors (Lipinski definition) is 1. The summed E-state index contributed by atoms with van der Waals surface area (Å²) in [5.74, 6) is 0.785.